The van der Waals surface area contributed by atoms with Crippen LogP contribution in [0.25, 0.3) is 17.1 Å². The molecule has 4 rings (SSSR count). The molecule has 0 radical (unpaired) electrons. The molecular formula is C24H21F2N3O2S. The molecule has 164 valence electrons. The van der Waals surface area contributed by atoms with Crippen LogP contribution in [0.4, 0.5) is 8.78 Å². The van der Waals surface area contributed by atoms with Crippen LogP contribution in [0, 0.1) is 11.6 Å². The van der Waals surface area contributed by atoms with Gasteiger partial charge in [-0.2, -0.15) is 0 Å². The van der Waals surface area contributed by atoms with Crippen LogP contribution in [0.2, 0.25) is 0 Å². The number of hydrogen-bond acceptors (Lipinski definition) is 5. The van der Waals surface area contributed by atoms with Gasteiger partial charge in [0.15, 0.2) is 11.0 Å². The number of rotatable bonds is 9. The van der Waals surface area contributed by atoms with E-state index in [2.05, 4.69) is 10.2 Å². The Morgan fingerprint density at radius 1 is 0.875 bits per heavy atom. The van der Waals surface area contributed by atoms with Crippen molar-refractivity contribution in [2.45, 2.75) is 17.9 Å². The van der Waals surface area contributed by atoms with Gasteiger partial charge < -0.3 is 9.84 Å². The maximum absolute atomic E-state index is 13.5. The summed E-state index contributed by atoms with van der Waals surface area (Å²) < 4.78 is 34.2. The highest BCUT2D eigenvalue weighted by molar-refractivity contribution is 7.99. The summed E-state index contributed by atoms with van der Waals surface area (Å²) in [5, 5.41) is 19.4. The van der Waals surface area contributed by atoms with Crippen molar-refractivity contribution in [2.75, 3.05) is 12.4 Å². The molecule has 0 fully saturated rings. The molecule has 1 heterocycles. The van der Waals surface area contributed by atoms with Crippen molar-refractivity contribution in [3.8, 4) is 17.1 Å². The van der Waals surface area contributed by atoms with Crippen LogP contribution in [-0.2, 0) is 11.3 Å². The lowest BCUT2D eigenvalue weighted by Crippen LogP contribution is -2.18. The van der Waals surface area contributed by atoms with Crippen LogP contribution in [0.15, 0.2) is 84.0 Å². The zero-order chi connectivity index (χ0) is 22.3. The van der Waals surface area contributed by atoms with Gasteiger partial charge >= 0.3 is 0 Å². The van der Waals surface area contributed by atoms with E-state index in [1.54, 1.807) is 28.8 Å². The predicted octanol–water partition coefficient (Wildman–Crippen LogP) is 4.88. The molecule has 3 aromatic carbocycles. The van der Waals surface area contributed by atoms with Gasteiger partial charge in [-0.15, -0.1) is 10.2 Å². The van der Waals surface area contributed by atoms with Crippen LogP contribution in [0.1, 0.15) is 5.56 Å². The van der Waals surface area contributed by atoms with Crippen molar-refractivity contribution in [2.24, 2.45) is 0 Å². The molecular weight excluding hydrogens is 432 g/mol. The van der Waals surface area contributed by atoms with Gasteiger partial charge in [-0.1, -0.05) is 42.1 Å². The lowest BCUT2D eigenvalue weighted by Gasteiger charge is -2.13. The van der Waals surface area contributed by atoms with E-state index < -0.39 is 6.10 Å². The van der Waals surface area contributed by atoms with Crippen LogP contribution < -0.4 is 0 Å². The Balaban J connectivity index is 1.48. The molecule has 0 saturated carbocycles. The third kappa shape index (κ3) is 5.59. The molecule has 5 nitrogen and oxygen atoms in total. The van der Waals surface area contributed by atoms with Gasteiger partial charge in [0.2, 0.25) is 0 Å². The third-order valence-electron chi connectivity index (χ3n) is 4.65. The number of hydrogen-bond donors (Lipinski definition) is 1. The van der Waals surface area contributed by atoms with E-state index >= 15 is 0 Å². The summed E-state index contributed by atoms with van der Waals surface area (Å²) in [7, 11) is 0. The van der Waals surface area contributed by atoms with Crippen LogP contribution in [-0.4, -0.2) is 38.3 Å². The Bertz CT molecular complexity index is 1140. The zero-order valence-corrected chi connectivity index (χ0v) is 17.9. The average molecular weight is 454 g/mol. The van der Waals surface area contributed by atoms with Gasteiger partial charge in [-0.25, -0.2) is 8.78 Å². The van der Waals surface area contributed by atoms with E-state index in [-0.39, 0.29) is 18.2 Å². The van der Waals surface area contributed by atoms with Crippen molar-refractivity contribution >= 4 is 11.8 Å². The van der Waals surface area contributed by atoms with Gasteiger partial charge in [-0.3, -0.25) is 4.57 Å². The summed E-state index contributed by atoms with van der Waals surface area (Å²) in [5.41, 5.74) is 2.36. The second-order valence-corrected chi connectivity index (χ2v) is 8.08. The van der Waals surface area contributed by atoms with E-state index in [1.807, 2.05) is 30.3 Å². The van der Waals surface area contributed by atoms with Crippen molar-refractivity contribution in [1.29, 1.82) is 0 Å². The summed E-state index contributed by atoms with van der Waals surface area (Å²) in [5.74, 6) is 0.117. The quantitative estimate of drug-likeness (QED) is 0.366. The number of thioether (sulfide) groups is 1. The van der Waals surface area contributed by atoms with Gasteiger partial charge in [0.25, 0.3) is 0 Å². The first kappa shape index (κ1) is 22.1. The van der Waals surface area contributed by atoms with Crippen LogP contribution >= 0.6 is 11.8 Å². The highest BCUT2D eigenvalue weighted by atomic mass is 32.2. The standard InChI is InChI=1S/C24H21F2N3O2S/c25-19-8-6-18(7-9-19)23-27-28-24(29(23)21-12-10-20(26)11-13-21)32-16-22(30)15-31-14-17-4-2-1-3-5-17/h1-13,22,30H,14-16H2/t22-/m0/s1. The second-order valence-electron chi connectivity index (χ2n) is 7.09. The predicted molar refractivity (Wildman–Crippen MR) is 120 cm³/mol. The molecule has 1 atom stereocenters. The minimum atomic E-state index is -0.712. The Kier molecular flexibility index (Phi) is 7.26. The van der Waals surface area contributed by atoms with Gasteiger partial charge in [-0.05, 0) is 54.1 Å². The zero-order valence-electron chi connectivity index (χ0n) is 17.1. The SMILES string of the molecule is O[C@@H](COCc1ccccc1)CSc1nnc(-c2ccc(F)cc2)n1-c1ccc(F)cc1. The summed E-state index contributed by atoms with van der Waals surface area (Å²) in [6.45, 7) is 0.598. The maximum Gasteiger partial charge on any atom is 0.196 e. The molecule has 0 spiro atoms. The van der Waals surface area contributed by atoms with Gasteiger partial charge in [0.05, 0.1) is 19.3 Å². The number of nitrogens with zero attached hydrogens (tertiary/aromatic N) is 3. The first-order valence-corrected chi connectivity index (χ1v) is 11.0. The summed E-state index contributed by atoms with van der Waals surface area (Å²) in [6, 6.07) is 21.6. The Hall–Kier alpha value is -3.07. The fourth-order valence-electron chi connectivity index (χ4n) is 3.08. The molecule has 0 aliphatic carbocycles. The van der Waals surface area contributed by atoms with Gasteiger partial charge in [0.1, 0.15) is 11.6 Å². The minimum absolute atomic E-state index is 0.178. The monoisotopic (exact) mass is 453 g/mol. The first-order chi connectivity index (χ1) is 15.6. The van der Waals surface area contributed by atoms with E-state index in [4.69, 9.17) is 4.74 Å². The summed E-state index contributed by atoms with van der Waals surface area (Å²) >= 11 is 1.31. The van der Waals surface area contributed by atoms with E-state index in [0.29, 0.717) is 34.6 Å². The molecule has 0 bridgehead atoms. The average Bonchev–Trinajstić information content (AvgIpc) is 3.23. The number of ether oxygens (including phenoxy) is 1. The Labute approximate surface area is 188 Å². The van der Waals surface area contributed by atoms with Crippen molar-refractivity contribution in [1.82, 2.24) is 14.8 Å². The summed E-state index contributed by atoms with van der Waals surface area (Å²) in [6.07, 6.45) is -0.712. The van der Waals surface area contributed by atoms with Crippen molar-refractivity contribution in [3.63, 3.8) is 0 Å². The Morgan fingerprint density at radius 2 is 1.53 bits per heavy atom. The molecule has 0 amide bonds. The molecule has 4 aromatic rings. The number of benzene rings is 3. The van der Waals surface area contributed by atoms with Crippen molar-refractivity contribution < 1.29 is 18.6 Å². The number of aliphatic hydroxyl groups excluding tert-OH is 1. The molecule has 1 aromatic heterocycles. The number of halogens is 2. The molecule has 32 heavy (non-hydrogen) atoms. The van der Waals surface area contributed by atoms with Crippen LogP contribution in [0.3, 0.4) is 0 Å². The topological polar surface area (TPSA) is 60.2 Å². The largest absolute Gasteiger partial charge is 0.390 e. The molecule has 0 aliphatic rings. The highest BCUT2D eigenvalue weighted by Crippen LogP contribution is 2.28. The fourth-order valence-corrected chi connectivity index (χ4v) is 3.94. The smallest absolute Gasteiger partial charge is 0.196 e. The normalized spacial score (nSPS) is 12.1. The molecule has 8 heteroatoms. The third-order valence-corrected chi connectivity index (χ3v) is 5.72. The van der Waals surface area contributed by atoms with Crippen molar-refractivity contribution in [3.05, 3.63) is 96.1 Å². The number of aliphatic hydroxyl groups is 1. The van der Waals surface area contributed by atoms with Crippen LogP contribution in [0.5, 0.6) is 0 Å². The van der Waals surface area contributed by atoms with E-state index in [0.717, 1.165) is 5.56 Å². The van der Waals surface area contributed by atoms with E-state index in [1.165, 1.54) is 36.0 Å². The lowest BCUT2D eigenvalue weighted by molar-refractivity contribution is 0.0398. The lowest BCUT2D eigenvalue weighted by atomic mass is 10.2. The van der Waals surface area contributed by atoms with Gasteiger partial charge in [0, 0.05) is 17.0 Å². The van der Waals surface area contributed by atoms with E-state index in [9.17, 15) is 13.9 Å². The highest BCUT2D eigenvalue weighted by Gasteiger charge is 2.18. The maximum atomic E-state index is 13.5. The first-order valence-electron chi connectivity index (χ1n) is 10.00. The summed E-state index contributed by atoms with van der Waals surface area (Å²) in [4.78, 5) is 0. The minimum Gasteiger partial charge on any atom is -0.390 e. The molecule has 0 unspecified atom stereocenters. The molecule has 0 aliphatic heterocycles. The molecule has 0 saturated heterocycles. The molecule has 1 N–H and O–H groups in total. The fraction of sp³-hybridized carbons (Fsp3) is 0.167. The second kappa shape index (κ2) is 10.5. The number of aromatic nitrogens is 3. The Morgan fingerprint density at radius 3 is 2.22 bits per heavy atom.